The summed E-state index contributed by atoms with van der Waals surface area (Å²) in [6, 6.07) is 16.3. The molecule has 0 unspecified atom stereocenters. The average Bonchev–Trinajstić information content (AvgIpc) is 3.36. The Bertz CT molecular complexity index is 854. The summed E-state index contributed by atoms with van der Waals surface area (Å²) >= 11 is 0. The standard InChI is InChI=1S/C22H24N2O2/c25-11-10-17-8-9-22(26-16-19-4-2-1-3-5-19)21(12-17)20-13-23-24(15-20)14-18-6-7-18/h1-5,8-9,12-13,15,18,25H,6-7,10-11,14,16H2. The summed E-state index contributed by atoms with van der Waals surface area (Å²) in [5.74, 6) is 1.64. The zero-order chi connectivity index (χ0) is 17.8. The van der Waals surface area contributed by atoms with Crippen LogP contribution in [0.15, 0.2) is 60.9 Å². The van der Waals surface area contributed by atoms with E-state index in [0.717, 1.165) is 40.5 Å². The highest BCUT2D eigenvalue weighted by Gasteiger charge is 2.22. The number of ether oxygens (including phenoxy) is 1. The molecule has 0 radical (unpaired) electrons. The van der Waals surface area contributed by atoms with Gasteiger partial charge in [0.1, 0.15) is 12.4 Å². The molecule has 0 saturated heterocycles. The fourth-order valence-electron chi connectivity index (χ4n) is 3.12. The second-order valence-electron chi connectivity index (χ2n) is 6.97. The Morgan fingerprint density at radius 2 is 1.92 bits per heavy atom. The first kappa shape index (κ1) is 16.9. The highest BCUT2D eigenvalue weighted by Crippen LogP contribution is 2.34. The molecule has 1 aromatic heterocycles. The van der Waals surface area contributed by atoms with Crippen molar-refractivity contribution in [3.05, 3.63) is 72.1 Å². The van der Waals surface area contributed by atoms with Crippen LogP contribution in [0.1, 0.15) is 24.0 Å². The van der Waals surface area contributed by atoms with E-state index in [9.17, 15) is 5.11 Å². The zero-order valence-electron chi connectivity index (χ0n) is 14.8. The molecule has 0 aliphatic heterocycles. The molecule has 0 bridgehead atoms. The van der Waals surface area contributed by atoms with Gasteiger partial charge in [0.2, 0.25) is 0 Å². The Kier molecular flexibility index (Phi) is 5.02. The number of aromatic nitrogens is 2. The normalized spacial score (nSPS) is 13.7. The van der Waals surface area contributed by atoms with Gasteiger partial charge in [-0.05, 0) is 48.4 Å². The van der Waals surface area contributed by atoms with Gasteiger partial charge in [0.05, 0.1) is 6.20 Å². The van der Waals surface area contributed by atoms with Gasteiger partial charge in [-0.3, -0.25) is 4.68 Å². The van der Waals surface area contributed by atoms with E-state index in [1.807, 2.05) is 41.2 Å². The smallest absolute Gasteiger partial charge is 0.127 e. The Morgan fingerprint density at radius 1 is 1.08 bits per heavy atom. The van der Waals surface area contributed by atoms with Crippen LogP contribution in [0.2, 0.25) is 0 Å². The molecule has 2 aromatic carbocycles. The molecule has 134 valence electrons. The molecule has 4 heteroatoms. The van der Waals surface area contributed by atoms with Crippen LogP contribution in [0.4, 0.5) is 0 Å². The van der Waals surface area contributed by atoms with Crippen LogP contribution in [0.5, 0.6) is 5.75 Å². The van der Waals surface area contributed by atoms with Crippen molar-refractivity contribution in [3.8, 4) is 16.9 Å². The fourth-order valence-corrected chi connectivity index (χ4v) is 3.12. The number of nitrogens with zero attached hydrogens (tertiary/aromatic N) is 2. The lowest BCUT2D eigenvalue weighted by molar-refractivity contribution is 0.298. The molecule has 1 fully saturated rings. The summed E-state index contributed by atoms with van der Waals surface area (Å²) in [6.07, 6.45) is 7.28. The summed E-state index contributed by atoms with van der Waals surface area (Å²) in [5, 5.41) is 13.8. The van der Waals surface area contributed by atoms with Crippen LogP contribution in [-0.4, -0.2) is 21.5 Å². The van der Waals surface area contributed by atoms with Gasteiger partial charge in [-0.1, -0.05) is 36.4 Å². The summed E-state index contributed by atoms with van der Waals surface area (Å²) in [7, 11) is 0. The highest BCUT2D eigenvalue weighted by atomic mass is 16.5. The molecule has 26 heavy (non-hydrogen) atoms. The Labute approximate surface area is 154 Å². The first-order chi connectivity index (χ1) is 12.8. The second-order valence-corrected chi connectivity index (χ2v) is 6.97. The van der Waals surface area contributed by atoms with Gasteiger partial charge < -0.3 is 9.84 Å². The topological polar surface area (TPSA) is 47.3 Å². The molecule has 3 aromatic rings. The van der Waals surface area contributed by atoms with E-state index in [-0.39, 0.29) is 6.61 Å². The van der Waals surface area contributed by atoms with Gasteiger partial charge in [0.15, 0.2) is 0 Å². The molecule has 1 aliphatic rings. The van der Waals surface area contributed by atoms with Crippen molar-refractivity contribution in [1.29, 1.82) is 0 Å². The molecule has 0 spiro atoms. The van der Waals surface area contributed by atoms with Gasteiger partial charge in [0, 0.05) is 30.5 Å². The van der Waals surface area contributed by atoms with E-state index >= 15 is 0 Å². The zero-order valence-corrected chi connectivity index (χ0v) is 14.8. The molecule has 0 amide bonds. The van der Waals surface area contributed by atoms with Crippen molar-refractivity contribution >= 4 is 0 Å². The molecule has 1 aliphatic carbocycles. The van der Waals surface area contributed by atoms with Crippen molar-refractivity contribution < 1.29 is 9.84 Å². The fraction of sp³-hybridized carbons (Fsp3) is 0.318. The first-order valence-corrected chi connectivity index (χ1v) is 9.25. The minimum absolute atomic E-state index is 0.143. The number of rotatable bonds is 8. The van der Waals surface area contributed by atoms with Crippen LogP contribution >= 0.6 is 0 Å². The van der Waals surface area contributed by atoms with Crippen LogP contribution in [-0.2, 0) is 19.6 Å². The van der Waals surface area contributed by atoms with E-state index in [4.69, 9.17) is 4.74 Å². The lowest BCUT2D eigenvalue weighted by atomic mass is 10.0. The number of aliphatic hydroxyl groups is 1. The van der Waals surface area contributed by atoms with E-state index in [0.29, 0.717) is 13.0 Å². The lowest BCUT2D eigenvalue weighted by Crippen LogP contribution is -1.99. The van der Waals surface area contributed by atoms with E-state index < -0.39 is 0 Å². The van der Waals surface area contributed by atoms with Crippen molar-refractivity contribution in [1.82, 2.24) is 9.78 Å². The minimum atomic E-state index is 0.143. The molecular formula is C22H24N2O2. The molecule has 4 rings (SSSR count). The van der Waals surface area contributed by atoms with Crippen molar-refractivity contribution in [3.63, 3.8) is 0 Å². The monoisotopic (exact) mass is 348 g/mol. The molecular weight excluding hydrogens is 324 g/mol. The average molecular weight is 348 g/mol. The summed E-state index contributed by atoms with van der Waals surface area (Å²) in [5.41, 5.74) is 4.34. The molecule has 1 heterocycles. The maximum absolute atomic E-state index is 9.26. The van der Waals surface area contributed by atoms with E-state index in [1.165, 1.54) is 12.8 Å². The molecule has 0 atom stereocenters. The lowest BCUT2D eigenvalue weighted by Gasteiger charge is -2.12. The predicted octanol–water partition coefficient (Wildman–Crippen LogP) is 4.07. The second kappa shape index (κ2) is 7.75. The Morgan fingerprint density at radius 3 is 2.69 bits per heavy atom. The van der Waals surface area contributed by atoms with Gasteiger partial charge >= 0.3 is 0 Å². The van der Waals surface area contributed by atoms with Gasteiger partial charge in [-0.25, -0.2) is 0 Å². The molecule has 1 N–H and O–H groups in total. The predicted molar refractivity (Wildman–Crippen MR) is 102 cm³/mol. The van der Waals surface area contributed by atoms with E-state index in [2.05, 4.69) is 29.5 Å². The van der Waals surface area contributed by atoms with Crippen molar-refractivity contribution in [2.75, 3.05) is 6.61 Å². The third kappa shape index (κ3) is 4.14. The summed E-state index contributed by atoms with van der Waals surface area (Å²) in [4.78, 5) is 0. The largest absolute Gasteiger partial charge is 0.488 e. The third-order valence-electron chi connectivity index (χ3n) is 4.77. The van der Waals surface area contributed by atoms with Crippen LogP contribution in [0.25, 0.3) is 11.1 Å². The Balaban J connectivity index is 1.58. The Hall–Kier alpha value is -2.59. The maximum atomic E-state index is 9.26. The van der Waals surface area contributed by atoms with Crippen LogP contribution < -0.4 is 4.74 Å². The van der Waals surface area contributed by atoms with Crippen LogP contribution in [0.3, 0.4) is 0 Å². The highest BCUT2D eigenvalue weighted by molar-refractivity contribution is 5.70. The first-order valence-electron chi connectivity index (χ1n) is 9.25. The number of hydrogen-bond acceptors (Lipinski definition) is 3. The quantitative estimate of drug-likeness (QED) is 0.667. The summed E-state index contributed by atoms with van der Waals surface area (Å²) in [6.45, 7) is 1.67. The third-order valence-corrected chi connectivity index (χ3v) is 4.77. The molecule has 1 saturated carbocycles. The number of hydrogen-bond donors (Lipinski definition) is 1. The number of aliphatic hydroxyl groups excluding tert-OH is 1. The summed E-state index contributed by atoms with van der Waals surface area (Å²) < 4.78 is 8.15. The molecule has 4 nitrogen and oxygen atoms in total. The SMILES string of the molecule is OCCc1ccc(OCc2ccccc2)c(-c2cnn(CC3CC3)c2)c1. The van der Waals surface area contributed by atoms with Gasteiger partial charge in [0.25, 0.3) is 0 Å². The van der Waals surface area contributed by atoms with Crippen LogP contribution in [0, 0.1) is 5.92 Å². The number of benzene rings is 2. The van der Waals surface area contributed by atoms with Crippen molar-refractivity contribution in [2.45, 2.75) is 32.4 Å². The maximum Gasteiger partial charge on any atom is 0.127 e. The van der Waals surface area contributed by atoms with E-state index in [1.54, 1.807) is 0 Å². The van der Waals surface area contributed by atoms with Crippen molar-refractivity contribution in [2.24, 2.45) is 5.92 Å². The minimum Gasteiger partial charge on any atom is -0.488 e. The van der Waals surface area contributed by atoms with Gasteiger partial charge in [-0.15, -0.1) is 0 Å². The van der Waals surface area contributed by atoms with Gasteiger partial charge in [-0.2, -0.15) is 5.10 Å².